The smallest absolute Gasteiger partial charge is 0.226 e. The summed E-state index contributed by atoms with van der Waals surface area (Å²) in [4.78, 5) is 14.9. The molecule has 1 aliphatic carbocycles. The van der Waals surface area contributed by atoms with Crippen LogP contribution in [0.5, 0.6) is 0 Å². The largest absolute Gasteiger partial charge is 0.339 e. The van der Waals surface area contributed by atoms with E-state index in [2.05, 4.69) is 4.72 Å². The number of carbonyl (C=O) groups is 1. The van der Waals surface area contributed by atoms with E-state index in [1.54, 1.807) is 0 Å². The Balaban J connectivity index is 1.95. The number of piperidine rings is 1. The van der Waals surface area contributed by atoms with E-state index < -0.39 is 10.0 Å². The van der Waals surface area contributed by atoms with Crippen LogP contribution in [0.25, 0.3) is 0 Å². The first kappa shape index (κ1) is 17.7. The Bertz CT molecular complexity index is 480. The molecule has 3 N–H and O–H groups in total. The first-order chi connectivity index (χ1) is 10.4. The molecule has 7 heteroatoms. The fourth-order valence-electron chi connectivity index (χ4n) is 3.86. The van der Waals surface area contributed by atoms with Gasteiger partial charge in [-0.3, -0.25) is 4.79 Å². The maximum atomic E-state index is 12.9. The van der Waals surface area contributed by atoms with Crippen molar-refractivity contribution >= 4 is 15.9 Å². The van der Waals surface area contributed by atoms with E-state index in [-0.39, 0.29) is 17.9 Å². The molecule has 128 valence electrons. The molecule has 1 aliphatic heterocycles. The van der Waals surface area contributed by atoms with Gasteiger partial charge >= 0.3 is 0 Å². The van der Waals surface area contributed by atoms with Gasteiger partial charge in [0.25, 0.3) is 0 Å². The van der Waals surface area contributed by atoms with Crippen molar-refractivity contribution in [3.63, 3.8) is 0 Å². The van der Waals surface area contributed by atoms with E-state index in [9.17, 15) is 13.2 Å². The summed E-state index contributed by atoms with van der Waals surface area (Å²) in [6.45, 7) is 1.79. The standard InChI is InChI=1S/C15H29N3O3S/c1-22(20,21)17-9-8-13-6-2-3-10-18(13)15(19)14-7-4-5-12(14)11-16/h12-14,17H,2-11,16H2,1H3/t12-,13?,14-/m1/s1. The predicted molar refractivity (Wildman–Crippen MR) is 86.7 cm³/mol. The van der Waals surface area contributed by atoms with Crippen LogP contribution in [0.1, 0.15) is 44.9 Å². The third-order valence-corrected chi connectivity index (χ3v) is 5.76. The molecule has 0 radical (unpaired) electrons. The van der Waals surface area contributed by atoms with Crippen LogP contribution in [0, 0.1) is 11.8 Å². The molecule has 1 heterocycles. The molecule has 2 aliphatic rings. The highest BCUT2D eigenvalue weighted by Crippen LogP contribution is 2.34. The molecule has 0 aromatic carbocycles. The van der Waals surface area contributed by atoms with Gasteiger partial charge < -0.3 is 10.6 Å². The third-order valence-electron chi connectivity index (χ3n) is 5.03. The number of nitrogens with zero attached hydrogens (tertiary/aromatic N) is 1. The van der Waals surface area contributed by atoms with Crippen LogP contribution < -0.4 is 10.5 Å². The van der Waals surface area contributed by atoms with Gasteiger partial charge in [0, 0.05) is 25.0 Å². The van der Waals surface area contributed by atoms with Gasteiger partial charge in [-0.25, -0.2) is 13.1 Å². The Kier molecular flexibility index (Phi) is 6.23. The number of carbonyl (C=O) groups excluding carboxylic acids is 1. The lowest BCUT2D eigenvalue weighted by Crippen LogP contribution is -2.48. The molecule has 1 saturated carbocycles. The monoisotopic (exact) mass is 331 g/mol. The molecule has 2 rings (SSSR count). The molecule has 22 heavy (non-hydrogen) atoms. The van der Waals surface area contributed by atoms with E-state index >= 15 is 0 Å². The highest BCUT2D eigenvalue weighted by Gasteiger charge is 2.37. The zero-order chi connectivity index (χ0) is 16.2. The van der Waals surface area contributed by atoms with Gasteiger partial charge in [0.2, 0.25) is 15.9 Å². The molecular weight excluding hydrogens is 302 g/mol. The van der Waals surface area contributed by atoms with Crippen LogP contribution in [0.3, 0.4) is 0 Å². The Morgan fingerprint density at radius 3 is 2.68 bits per heavy atom. The summed E-state index contributed by atoms with van der Waals surface area (Å²) >= 11 is 0. The number of likely N-dealkylation sites (tertiary alicyclic amines) is 1. The predicted octanol–water partition coefficient (Wildman–Crippen LogP) is 0.682. The minimum atomic E-state index is -3.16. The fraction of sp³-hybridized carbons (Fsp3) is 0.933. The Labute approximate surface area is 133 Å². The number of rotatable bonds is 6. The molecule has 0 bridgehead atoms. The second-order valence-electron chi connectivity index (χ2n) is 6.67. The first-order valence-corrected chi connectivity index (χ1v) is 10.3. The number of sulfonamides is 1. The van der Waals surface area contributed by atoms with Gasteiger partial charge in [0.1, 0.15) is 0 Å². The van der Waals surface area contributed by atoms with Crippen molar-refractivity contribution in [1.29, 1.82) is 0 Å². The molecule has 2 fully saturated rings. The van der Waals surface area contributed by atoms with Crippen molar-refractivity contribution in [2.75, 3.05) is 25.9 Å². The Morgan fingerprint density at radius 1 is 1.23 bits per heavy atom. The average molecular weight is 331 g/mol. The van der Waals surface area contributed by atoms with E-state index in [4.69, 9.17) is 5.73 Å². The van der Waals surface area contributed by atoms with Crippen molar-refractivity contribution < 1.29 is 13.2 Å². The van der Waals surface area contributed by atoms with E-state index in [0.717, 1.165) is 45.1 Å². The first-order valence-electron chi connectivity index (χ1n) is 8.37. The van der Waals surface area contributed by atoms with Crippen molar-refractivity contribution in [2.24, 2.45) is 17.6 Å². The van der Waals surface area contributed by atoms with Crippen LogP contribution in [0.4, 0.5) is 0 Å². The van der Waals surface area contributed by atoms with Crippen LogP contribution in [-0.2, 0) is 14.8 Å². The average Bonchev–Trinajstić information content (AvgIpc) is 2.94. The molecule has 1 amide bonds. The molecule has 0 aromatic rings. The van der Waals surface area contributed by atoms with E-state index in [1.807, 2.05) is 4.90 Å². The molecule has 0 spiro atoms. The Hall–Kier alpha value is -0.660. The molecular formula is C15H29N3O3S. The summed E-state index contributed by atoms with van der Waals surface area (Å²) in [5, 5.41) is 0. The summed E-state index contributed by atoms with van der Waals surface area (Å²) in [5.41, 5.74) is 5.81. The summed E-state index contributed by atoms with van der Waals surface area (Å²) in [7, 11) is -3.16. The molecule has 3 atom stereocenters. The van der Waals surface area contributed by atoms with Crippen molar-refractivity contribution in [1.82, 2.24) is 9.62 Å². The zero-order valence-corrected chi connectivity index (χ0v) is 14.3. The molecule has 0 aromatic heterocycles. The van der Waals surface area contributed by atoms with Gasteiger partial charge in [-0.05, 0) is 51.0 Å². The van der Waals surface area contributed by atoms with E-state index in [0.29, 0.717) is 25.4 Å². The third kappa shape index (κ3) is 4.67. The minimum absolute atomic E-state index is 0.0773. The normalized spacial score (nSPS) is 29.7. The van der Waals surface area contributed by atoms with Gasteiger partial charge in [-0.15, -0.1) is 0 Å². The van der Waals surface area contributed by atoms with Crippen LogP contribution in [0.2, 0.25) is 0 Å². The maximum absolute atomic E-state index is 12.9. The second kappa shape index (κ2) is 7.75. The number of hydrogen-bond donors (Lipinski definition) is 2. The number of amides is 1. The Morgan fingerprint density at radius 2 is 2.00 bits per heavy atom. The number of nitrogens with one attached hydrogen (secondary N) is 1. The van der Waals surface area contributed by atoms with Gasteiger partial charge in [0.05, 0.1) is 6.26 Å². The SMILES string of the molecule is CS(=O)(=O)NCCC1CCCCN1C(=O)[C@@H]1CCC[C@@H]1CN. The lowest BCUT2D eigenvalue weighted by Gasteiger charge is -2.38. The highest BCUT2D eigenvalue weighted by atomic mass is 32.2. The van der Waals surface area contributed by atoms with E-state index in [1.165, 1.54) is 6.26 Å². The second-order valence-corrected chi connectivity index (χ2v) is 8.50. The van der Waals surface area contributed by atoms with Gasteiger partial charge in [0.15, 0.2) is 0 Å². The lowest BCUT2D eigenvalue weighted by molar-refractivity contribution is -0.140. The van der Waals surface area contributed by atoms with Crippen LogP contribution in [-0.4, -0.2) is 51.2 Å². The van der Waals surface area contributed by atoms with Crippen molar-refractivity contribution in [3.8, 4) is 0 Å². The summed E-state index contributed by atoms with van der Waals surface area (Å²) in [6.07, 6.45) is 8.08. The maximum Gasteiger partial charge on any atom is 0.226 e. The van der Waals surface area contributed by atoms with Gasteiger partial charge in [-0.1, -0.05) is 6.42 Å². The van der Waals surface area contributed by atoms with Crippen LogP contribution in [0.15, 0.2) is 0 Å². The highest BCUT2D eigenvalue weighted by molar-refractivity contribution is 7.88. The van der Waals surface area contributed by atoms with Crippen molar-refractivity contribution in [3.05, 3.63) is 0 Å². The summed E-state index contributed by atoms with van der Waals surface area (Å²) in [5.74, 6) is 0.648. The van der Waals surface area contributed by atoms with Crippen molar-refractivity contribution in [2.45, 2.75) is 51.0 Å². The quantitative estimate of drug-likeness (QED) is 0.748. The molecule has 1 saturated heterocycles. The number of hydrogen-bond acceptors (Lipinski definition) is 4. The lowest BCUT2D eigenvalue weighted by atomic mass is 9.91. The number of nitrogens with two attached hydrogens (primary N) is 1. The topological polar surface area (TPSA) is 92.5 Å². The molecule has 1 unspecified atom stereocenters. The summed E-state index contributed by atoms with van der Waals surface area (Å²) in [6, 6.07) is 0.162. The minimum Gasteiger partial charge on any atom is -0.339 e. The molecule has 6 nitrogen and oxygen atoms in total. The summed E-state index contributed by atoms with van der Waals surface area (Å²) < 4.78 is 24.9. The fourth-order valence-corrected chi connectivity index (χ4v) is 4.35. The van der Waals surface area contributed by atoms with Gasteiger partial charge in [-0.2, -0.15) is 0 Å². The van der Waals surface area contributed by atoms with Crippen LogP contribution >= 0.6 is 0 Å². The zero-order valence-electron chi connectivity index (χ0n) is 13.5.